The summed E-state index contributed by atoms with van der Waals surface area (Å²) in [6.45, 7) is 4.20. The molecule has 3 N–H and O–H groups in total. The van der Waals surface area contributed by atoms with Crippen LogP contribution in [0.25, 0.3) is 0 Å². The van der Waals surface area contributed by atoms with Crippen LogP contribution in [-0.2, 0) is 0 Å². The molecule has 0 fully saturated rings. The van der Waals surface area contributed by atoms with E-state index in [9.17, 15) is 0 Å². The monoisotopic (exact) mass is 305 g/mol. The molecule has 0 aliphatic heterocycles. The highest BCUT2D eigenvalue weighted by Crippen LogP contribution is 2.28. The minimum absolute atomic E-state index is 0.111. The summed E-state index contributed by atoms with van der Waals surface area (Å²) in [7, 11) is 0. The maximum Gasteiger partial charge on any atom is 0.0895 e. The summed E-state index contributed by atoms with van der Waals surface area (Å²) in [5.41, 5.74) is 7.38. The Kier molecular flexibility index (Phi) is 4.11. The van der Waals surface area contributed by atoms with Crippen molar-refractivity contribution in [3.63, 3.8) is 0 Å². The normalized spacial score (nSPS) is 12.4. The van der Waals surface area contributed by atoms with Crippen molar-refractivity contribution < 1.29 is 0 Å². The topological polar surface area (TPSA) is 50.9 Å². The van der Waals surface area contributed by atoms with Crippen molar-refractivity contribution in [2.24, 2.45) is 5.84 Å². The van der Waals surface area contributed by atoms with Gasteiger partial charge in [0.2, 0.25) is 0 Å². The number of halogens is 1. The van der Waals surface area contributed by atoms with Crippen LogP contribution in [0.3, 0.4) is 0 Å². The third-order valence-electron chi connectivity index (χ3n) is 3.18. The van der Waals surface area contributed by atoms with E-state index in [-0.39, 0.29) is 6.04 Å². The number of hydrogen-bond donors (Lipinski definition) is 2. The van der Waals surface area contributed by atoms with E-state index < -0.39 is 0 Å². The molecule has 0 saturated carbocycles. The Morgan fingerprint density at radius 1 is 1.22 bits per heavy atom. The van der Waals surface area contributed by atoms with E-state index in [4.69, 9.17) is 5.84 Å². The Morgan fingerprint density at radius 3 is 2.67 bits per heavy atom. The van der Waals surface area contributed by atoms with Crippen molar-refractivity contribution in [2.75, 3.05) is 0 Å². The lowest BCUT2D eigenvalue weighted by Gasteiger charge is -2.20. The average molecular weight is 306 g/mol. The highest BCUT2D eigenvalue weighted by Gasteiger charge is 2.18. The molecule has 0 aliphatic carbocycles. The molecule has 18 heavy (non-hydrogen) atoms. The van der Waals surface area contributed by atoms with E-state index in [2.05, 4.69) is 52.3 Å². The van der Waals surface area contributed by atoms with Gasteiger partial charge in [-0.2, -0.15) is 0 Å². The second-order valence-corrected chi connectivity index (χ2v) is 5.11. The summed E-state index contributed by atoms with van der Waals surface area (Å²) >= 11 is 3.52. The zero-order valence-corrected chi connectivity index (χ0v) is 12.0. The number of hydrazine groups is 1. The summed E-state index contributed by atoms with van der Waals surface area (Å²) in [5, 5.41) is 0. The van der Waals surface area contributed by atoms with Crippen molar-refractivity contribution in [1.29, 1.82) is 0 Å². The van der Waals surface area contributed by atoms with Gasteiger partial charge in [-0.15, -0.1) is 0 Å². The number of aromatic nitrogens is 1. The second-order valence-electron chi connectivity index (χ2n) is 4.26. The number of rotatable bonds is 3. The standard InChI is InChI=1S/C14H16BrN3/c1-9-5-3-6-11(10(9)2)13(18-16)14-12(15)7-4-8-17-14/h3-8,13,18H,16H2,1-2H3. The molecule has 3 nitrogen and oxygen atoms in total. The predicted octanol–water partition coefficient (Wildman–Crippen LogP) is 3.01. The Morgan fingerprint density at radius 2 is 2.00 bits per heavy atom. The first kappa shape index (κ1) is 13.2. The molecule has 0 aliphatic rings. The van der Waals surface area contributed by atoms with Crippen LogP contribution in [0.1, 0.15) is 28.4 Å². The Labute approximate surface area is 116 Å². The van der Waals surface area contributed by atoms with E-state index in [0.29, 0.717) is 0 Å². The van der Waals surface area contributed by atoms with Crippen LogP contribution in [0, 0.1) is 13.8 Å². The minimum atomic E-state index is -0.111. The molecule has 0 bridgehead atoms. The fraction of sp³-hybridized carbons (Fsp3) is 0.214. The molecular weight excluding hydrogens is 290 g/mol. The number of nitrogens with zero attached hydrogens (tertiary/aromatic N) is 1. The molecule has 0 amide bonds. The molecule has 0 spiro atoms. The summed E-state index contributed by atoms with van der Waals surface area (Å²) in [4.78, 5) is 4.41. The molecule has 0 saturated heterocycles. The van der Waals surface area contributed by atoms with Gasteiger partial charge in [0.25, 0.3) is 0 Å². The lowest BCUT2D eigenvalue weighted by molar-refractivity contribution is 0.614. The van der Waals surface area contributed by atoms with Crippen molar-refractivity contribution in [3.8, 4) is 0 Å². The van der Waals surface area contributed by atoms with E-state index in [1.807, 2.05) is 18.2 Å². The van der Waals surface area contributed by atoms with Crippen molar-refractivity contribution in [3.05, 3.63) is 63.4 Å². The zero-order chi connectivity index (χ0) is 13.1. The van der Waals surface area contributed by atoms with Crippen LogP contribution in [0.15, 0.2) is 41.0 Å². The number of benzene rings is 1. The van der Waals surface area contributed by atoms with Gasteiger partial charge in [-0.3, -0.25) is 10.8 Å². The number of aryl methyl sites for hydroxylation is 1. The number of pyridine rings is 1. The molecule has 94 valence electrons. The second kappa shape index (κ2) is 5.61. The predicted molar refractivity (Wildman–Crippen MR) is 77.0 cm³/mol. The van der Waals surface area contributed by atoms with E-state index in [1.54, 1.807) is 6.20 Å². The first-order valence-corrected chi connectivity index (χ1v) is 6.57. The third-order valence-corrected chi connectivity index (χ3v) is 3.86. The molecule has 2 rings (SSSR count). The van der Waals surface area contributed by atoms with Gasteiger partial charge in [0.15, 0.2) is 0 Å². The average Bonchev–Trinajstić information content (AvgIpc) is 2.37. The molecule has 1 aromatic heterocycles. The fourth-order valence-corrected chi connectivity index (χ4v) is 2.50. The summed E-state index contributed by atoms with van der Waals surface area (Å²) < 4.78 is 0.953. The summed E-state index contributed by atoms with van der Waals surface area (Å²) in [6.07, 6.45) is 1.77. The van der Waals surface area contributed by atoms with Crippen molar-refractivity contribution >= 4 is 15.9 Å². The Balaban J connectivity index is 2.53. The summed E-state index contributed by atoms with van der Waals surface area (Å²) in [6, 6.07) is 9.97. The summed E-state index contributed by atoms with van der Waals surface area (Å²) in [5.74, 6) is 5.71. The van der Waals surface area contributed by atoms with Crippen LogP contribution >= 0.6 is 15.9 Å². The maximum absolute atomic E-state index is 5.71. The molecule has 0 radical (unpaired) electrons. The zero-order valence-electron chi connectivity index (χ0n) is 10.4. The lowest BCUT2D eigenvalue weighted by Crippen LogP contribution is -2.30. The smallest absolute Gasteiger partial charge is 0.0895 e. The molecule has 2 aromatic rings. The number of nitrogens with one attached hydrogen (secondary N) is 1. The lowest BCUT2D eigenvalue weighted by atomic mass is 9.95. The molecule has 1 unspecified atom stereocenters. The maximum atomic E-state index is 5.71. The molecule has 1 heterocycles. The van der Waals surface area contributed by atoms with Gasteiger partial charge in [-0.1, -0.05) is 18.2 Å². The third kappa shape index (κ3) is 2.46. The highest BCUT2D eigenvalue weighted by atomic mass is 79.9. The quantitative estimate of drug-likeness (QED) is 0.677. The van der Waals surface area contributed by atoms with Gasteiger partial charge in [0, 0.05) is 10.7 Å². The van der Waals surface area contributed by atoms with Gasteiger partial charge in [0.05, 0.1) is 11.7 Å². The van der Waals surface area contributed by atoms with E-state index >= 15 is 0 Å². The van der Waals surface area contributed by atoms with Crippen LogP contribution in [0.4, 0.5) is 0 Å². The van der Waals surface area contributed by atoms with Crippen LogP contribution in [-0.4, -0.2) is 4.98 Å². The van der Waals surface area contributed by atoms with Gasteiger partial charge in [-0.05, 0) is 58.6 Å². The number of hydrogen-bond acceptors (Lipinski definition) is 3. The van der Waals surface area contributed by atoms with Gasteiger partial charge < -0.3 is 0 Å². The van der Waals surface area contributed by atoms with Gasteiger partial charge >= 0.3 is 0 Å². The molecule has 4 heteroatoms. The first-order valence-electron chi connectivity index (χ1n) is 5.77. The van der Waals surface area contributed by atoms with Crippen LogP contribution in [0.5, 0.6) is 0 Å². The molecule has 1 atom stereocenters. The van der Waals surface area contributed by atoms with Gasteiger partial charge in [-0.25, -0.2) is 5.43 Å². The highest BCUT2D eigenvalue weighted by molar-refractivity contribution is 9.10. The van der Waals surface area contributed by atoms with Crippen molar-refractivity contribution in [1.82, 2.24) is 10.4 Å². The first-order chi connectivity index (χ1) is 8.65. The molecular formula is C14H16BrN3. The minimum Gasteiger partial charge on any atom is -0.271 e. The Hall–Kier alpha value is -1.23. The largest absolute Gasteiger partial charge is 0.271 e. The Bertz CT molecular complexity index is 554. The van der Waals surface area contributed by atoms with Crippen molar-refractivity contribution in [2.45, 2.75) is 19.9 Å². The van der Waals surface area contributed by atoms with Crippen LogP contribution in [0.2, 0.25) is 0 Å². The van der Waals surface area contributed by atoms with E-state index in [1.165, 1.54) is 11.1 Å². The SMILES string of the molecule is Cc1cccc(C(NN)c2ncccc2Br)c1C. The molecule has 1 aromatic carbocycles. The number of nitrogens with two attached hydrogens (primary N) is 1. The fourth-order valence-electron chi connectivity index (χ4n) is 2.01. The van der Waals surface area contributed by atoms with Crippen LogP contribution < -0.4 is 11.3 Å². The van der Waals surface area contributed by atoms with E-state index in [0.717, 1.165) is 15.7 Å². The van der Waals surface area contributed by atoms with Gasteiger partial charge in [0.1, 0.15) is 0 Å².